The standard InChI is InChI=1S/C19H20ClN3OS/c1-23-10-2-3-15-18(25-16-9-6-13(20)11-21-16)17(22-19(15)23)12-4-7-14(24)8-5-12/h2-3,6,9-12,14,24H,4-5,7-8H2,1H3/t12-,14+. The predicted octanol–water partition coefficient (Wildman–Crippen LogP) is 4.74. The highest BCUT2D eigenvalue weighted by molar-refractivity contribution is 7.99. The van der Waals surface area contributed by atoms with Crippen molar-refractivity contribution in [3.8, 4) is 11.4 Å². The molecule has 4 nitrogen and oxygen atoms in total. The molecule has 2 aliphatic heterocycles. The van der Waals surface area contributed by atoms with Crippen LogP contribution in [0.4, 0.5) is 0 Å². The van der Waals surface area contributed by atoms with Crippen LogP contribution in [0, 0.1) is 0 Å². The molecule has 0 bridgehead atoms. The zero-order valence-corrected chi connectivity index (χ0v) is 15.6. The molecule has 0 atom stereocenters. The Kier molecular flexibility index (Phi) is 4.71. The topological polar surface area (TPSA) is 50.9 Å². The van der Waals surface area contributed by atoms with Crippen molar-refractivity contribution in [3.05, 3.63) is 47.4 Å². The molecule has 1 aliphatic carbocycles. The van der Waals surface area contributed by atoms with Gasteiger partial charge in [0.25, 0.3) is 0 Å². The summed E-state index contributed by atoms with van der Waals surface area (Å²) in [4.78, 5) is 10.6. The molecular weight excluding hydrogens is 354 g/mol. The van der Waals surface area contributed by atoms with Crippen LogP contribution < -0.4 is 0 Å². The molecule has 0 aromatic carbocycles. The van der Waals surface area contributed by atoms with Gasteiger partial charge in [-0.15, -0.1) is 0 Å². The van der Waals surface area contributed by atoms with E-state index in [0.717, 1.165) is 47.8 Å². The van der Waals surface area contributed by atoms with Crippen LogP contribution in [0.3, 0.4) is 0 Å². The number of rotatable bonds is 3. The lowest BCUT2D eigenvalue weighted by Crippen LogP contribution is -2.17. The summed E-state index contributed by atoms with van der Waals surface area (Å²) >= 11 is 7.62. The van der Waals surface area contributed by atoms with Crippen LogP contribution in [-0.4, -0.2) is 25.7 Å². The summed E-state index contributed by atoms with van der Waals surface area (Å²) in [5.74, 6) is 1.39. The van der Waals surface area contributed by atoms with E-state index in [1.165, 1.54) is 4.90 Å². The van der Waals surface area contributed by atoms with E-state index in [-0.39, 0.29) is 6.10 Å². The van der Waals surface area contributed by atoms with E-state index in [4.69, 9.17) is 16.6 Å². The van der Waals surface area contributed by atoms with Crippen LogP contribution in [0.2, 0.25) is 5.02 Å². The van der Waals surface area contributed by atoms with Crippen molar-refractivity contribution >= 4 is 23.4 Å². The van der Waals surface area contributed by atoms with E-state index >= 15 is 0 Å². The Morgan fingerprint density at radius 1 is 1.20 bits per heavy atom. The van der Waals surface area contributed by atoms with Crippen LogP contribution in [0.15, 0.2) is 46.6 Å². The molecule has 0 unspecified atom stereocenters. The van der Waals surface area contributed by atoms with Gasteiger partial charge in [-0.2, -0.15) is 0 Å². The van der Waals surface area contributed by atoms with Gasteiger partial charge in [0, 0.05) is 35.8 Å². The monoisotopic (exact) mass is 373 g/mol. The number of halogens is 1. The number of pyridine rings is 2. The van der Waals surface area contributed by atoms with Gasteiger partial charge in [0.15, 0.2) is 0 Å². The highest BCUT2D eigenvalue weighted by Gasteiger charge is 2.29. The minimum Gasteiger partial charge on any atom is -0.393 e. The second-order valence-corrected chi connectivity index (χ2v) is 8.07. The van der Waals surface area contributed by atoms with Crippen molar-refractivity contribution in [2.45, 2.75) is 47.6 Å². The van der Waals surface area contributed by atoms with E-state index in [0.29, 0.717) is 10.9 Å². The molecule has 1 fully saturated rings. The minimum atomic E-state index is -0.161. The number of fused-ring (bicyclic) bond motifs is 1. The number of hydrogen-bond acceptors (Lipinski definition) is 4. The van der Waals surface area contributed by atoms with E-state index in [9.17, 15) is 5.11 Å². The fourth-order valence-corrected chi connectivity index (χ4v) is 4.63. The third-order valence-electron chi connectivity index (χ3n) is 4.84. The maximum atomic E-state index is 9.84. The molecule has 0 radical (unpaired) electrons. The Morgan fingerprint density at radius 3 is 2.72 bits per heavy atom. The lowest BCUT2D eigenvalue weighted by Gasteiger charge is -2.24. The Labute approximate surface area is 156 Å². The molecule has 0 saturated heterocycles. The first-order valence-electron chi connectivity index (χ1n) is 8.54. The van der Waals surface area contributed by atoms with Crippen molar-refractivity contribution in [2.24, 2.45) is 7.05 Å². The van der Waals surface area contributed by atoms with E-state index < -0.39 is 0 Å². The lowest BCUT2D eigenvalue weighted by atomic mass is 9.85. The summed E-state index contributed by atoms with van der Waals surface area (Å²) in [7, 11) is 2.03. The number of nitrogens with zero attached hydrogens (tertiary/aromatic N) is 3. The van der Waals surface area contributed by atoms with Crippen molar-refractivity contribution in [2.75, 3.05) is 0 Å². The van der Waals surface area contributed by atoms with Crippen LogP contribution >= 0.6 is 23.4 Å². The predicted molar refractivity (Wildman–Crippen MR) is 100 cm³/mol. The van der Waals surface area contributed by atoms with Gasteiger partial charge < -0.3 is 9.67 Å². The molecule has 4 rings (SSSR count). The summed E-state index contributed by atoms with van der Waals surface area (Å²) in [5, 5.41) is 11.4. The van der Waals surface area contributed by atoms with Gasteiger partial charge in [-0.25, -0.2) is 9.97 Å². The maximum Gasteiger partial charge on any atom is 0.141 e. The van der Waals surface area contributed by atoms with Gasteiger partial charge in [-0.3, -0.25) is 0 Å². The van der Waals surface area contributed by atoms with Gasteiger partial charge in [-0.1, -0.05) is 23.4 Å². The highest BCUT2D eigenvalue weighted by atomic mass is 35.5. The molecule has 130 valence electrons. The third-order valence-corrected chi connectivity index (χ3v) is 6.15. The number of aliphatic hydroxyl groups is 1. The molecule has 6 heteroatoms. The summed E-state index contributed by atoms with van der Waals surface area (Å²) in [6.07, 6.45) is 7.21. The van der Waals surface area contributed by atoms with Crippen LogP contribution in [-0.2, 0) is 7.05 Å². The smallest absolute Gasteiger partial charge is 0.141 e. The molecule has 3 heterocycles. The summed E-state index contributed by atoms with van der Waals surface area (Å²) in [5.41, 5.74) is 2.30. The van der Waals surface area contributed by atoms with Crippen molar-refractivity contribution in [3.63, 3.8) is 0 Å². The molecule has 0 spiro atoms. The maximum absolute atomic E-state index is 9.84. The van der Waals surface area contributed by atoms with Crippen LogP contribution in [0.5, 0.6) is 0 Å². The number of aromatic nitrogens is 3. The van der Waals surface area contributed by atoms with Crippen LogP contribution in [0.25, 0.3) is 11.4 Å². The number of aryl methyl sites for hydroxylation is 1. The average Bonchev–Trinajstić information content (AvgIpc) is 2.98. The Balaban J connectivity index is 1.76. The first kappa shape index (κ1) is 16.9. The van der Waals surface area contributed by atoms with Gasteiger partial charge in [0.05, 0.1) is 16.8 Å². The van der Waals surface area contributed by atoms with Gasteiger partial charge in [0.1, 0.15) is 10.9 Å². The molecule has 25 heavy (non-hydrogen) atoms. The largest absolute Gasteiger partial charge is 0.393 e. The van der Waals surface area contributed by atoms with E-state index in [1.807, 2.05) is 25.4 Å². The molecule has 1 saturated carbocycles. The Morgan fingerprint density at radius 2 is 2.00 bits per heavy atom. The average molecular weight is 374 g/mol. The molecule has 1 aromatic heterocycles. The molecular formula is C19H20ClN3OS. The van der Waals surface area contributed by atoms with Crippen molar-refractivity contribution in [1.29, 1.82) is 0 Å². The molecule has 0 amide bonds. The molecule has 1 aromatic rings. The zero-order chi connectivity index (χ0) is 17.4. The molecule has 3 aliphatic rings. The van der Waals surface area contributed by atoms with Gasteiger partial charge in [-0.05, 0) is 49.9 Å². The zero-order valence-electron chi connectivity index (χ0n) is 14.0. The number of hydrogen-bond donors (Lipinski definition) is 1. The van der Waals surface area contributed by atoms with Crippen molar-refractivity contribution in [1.82, 2.24) is 14.5 Å². The minimum absolute atomic E-state index is 0.161. The summed E-state index contributed by atoms with van der Waals surface area (Å²) in [6.45, 7) is 0. The van der Waals surface area contributed by atoms with E-state index in [1.54, 1.807) is 18.0 Å². The third kappa shape index (κ3) is 3.41. The second kappa shape index (κ2) is 6.98. The number of aliphatic hydroxyl groups excluding tert-OH is 1. The summed E-state index contributed by atoms with van der Waals surface area (Å²) in [6, 6.07) is 7.99. The van der Waals surface area contributed by atoms with Gasteiger partial charge >= 0.3 is 0 Å². The summed E-state index contributed by atoms with van der Waals surface area (Å²) < 4.78 is 2.07. The second-order valence-electron chi connectivity index (χ2n) is 6.60. The highest BCUT2D eigenvalue weighted by Crippen LogP contribution is 2.45. The van der Waals surface area contributed by atoms with E-state index in [2.05, 4.69) is 21.7 Å². The SMILES string of the molecule is Cn1cccc2c(Sc3ccc(Cl)cn3)c([C@H]3CC[C@@H](O)CC3)nc1-2. The van der Waals surface area contributed by atoms with Crippen LogP contribution in [0.1, 0.15) is 37.3 Å². The normalized spacial score (nSPS) is 20.9. The van der Waals surface area contributed by atoms with Gasteiger partial charge in [0.2, 0.25) is 0 Å². The Hall–Kier alpha value is -1.56. The Bertz CT molecular complexity index is 841. The van der Waals surface area contributed by atoms with Crippen molar-refractivity contribution < 1.29 is 5.11 Å². The fourth-order valence-electron chi connectivity index (χ4n) is 3.48. The fraction of sp³-hybridized carbons (Fsp3) is 0.368. The lowest BCUT2D eigenvalue weighted by molar-refractivity contribution is 0.121. The molecule has 1 N–H and O–H groups in total. The first-order valence-corrected chi connectivity index (χ1v) is 9.73. The quantitative estimate of drug-likeness (QED) is 0.720. The first-order chi connectivity index (χ1) is 12.1.